The first kappa shape index (κ1) is 17.1. The first-order valence-electron chi connectivity index (χ1n) is 7.17. The molecule has 3 N–H and O–H groups in total. The predicted molar refractivity (Wildman–Crippen MR) is 82.2 cm³/mol. The van der Waals surface area contributed by atoms with E-state index in [2.05, 4.69) is 19.2 Å². The SMILES string of the molecule is CCc1ccc(C(=O)NC(CN)CC(C)C)cc1[N+](=O)[O-]. The lowest BCUT2D eigenvalue weighted by Gasteiger charge is -2.18. The zero-order valence-electron chi connectivity index (χ0n) is 12.8. The molecule has 0 spiro atoms. The van der Waals surface area contributed by atoms with E-state index in [0.29, 0.717) is 30.0 Å². The van der Waals surface area contributed by atoms with Crippen molar-refractivity contribution in [1.29, 1.82) is 0 Å². The topological polar surface area (TPSA) is 98.3 Å². The maximum atomic E-state index is 12.2. The highest BCUT2D eigenvalue weighted by atomic mass is 16.6. The number of rotatable bonds is 7. The Morgan fingerprint density at radius 2 is 2.10 bits per heavy atom. The quantitative estimate of drug-likeness (QED) is 0.595. The summed E-state index contributed by atoms with van der Waals surface area (Å²) in [4.78, 5) is 22.8. The number of nitrogens with two attached hydrogens (primary N) is 1. The van der Waals surface area contributed by atoms with Crippen molar-refractivity contribution in [2.45, 2.75) is 39.7 Å². The largest absolute Gasteiger partial charge is 0.348 e. The highest BCUT2D eigenvalue weighted by molar-refractivity contribution is 5.95. The number of nitrogens with one attached hydrogen (secondary N) is 1. The molecule has 0 saturated carbocycles. The summed E-state index contributed by atoms with van der Waals surface area (Å²) < 4.78 is 0. The molecule has 21 heavy (non-hydrogen) atoms. The molecular formula is C15H23N3O3. The van der Waals surface area contributed by atoms with Crippen LogP contribution in [0.3, 0.4) is 0 Å². The minimum Gasteiger partial charge on any atom is -0.348 e. The number of carbonyl (C=O) groups is 1. The number of hydrogen-bond donors (Lipinski definition) is 2. The third-order valence-corrected chi connectivity index (χ3v) is 3.30. The molecule has 0 saturated heterocycles. The van der Waals surface area contributed by atoms with Crippen molar-refractivity contribution in [2.75, 3.05) is 6.54 Å². The number of benzene rings is 1. The predicted octanol–water partition coefficient (Wildman–Crippen LogP) is 2.26. The molecule has 116 valence electrons. The molecule has 6 nitrogen and oxygen atoms in total. The number of nitro benzene ring substituents is 1. The Kier molecular flexibility index (Phi) is 6.30. The van der Waals surface area contributed by atoms with Gasteiger partial charge in [0.05, 0.1) is 4.92 Å². The second-order valence-electron chi connectivity index (χ2n) is 5.49. The van der Waals surface area contributed by atoms with E-state index < -0.39 is 4.92 Å². The van der Waals surface area contributed by atoms with E-state index in [-0.39, 0.29) is 17.6 Å². The third-order valence-electron chi connectivity index (χ3n) is 3.30. The highest BCUT2D eigenvalue weighted by Gasteiger charge is 2.18. The van der Waals surface area contributed by atoms with Gasteiger partial charge in [-0.2, -0.15) is 0 Å². The molecule has 1 aromatic carbocycles. The Balaban J connectivity index is 2.92. The van der Waals surface area contributed by atoms with Crippen LogP contribution in [0.2, 0.25) is 0 Å². The van der Waals surface area contributed by atoms with E-state index >= 15 is 0 Å². The van der Waals surface area contributed by atoms with E-state index in [1.807, 2.05) is 6.92 Å². The van der Waals surface area contributed by atoms with Crippen LogP contribution in [0.1, 0.15) is 43.1 Å². The van der Waals surface area contributed by atoms with Gasteiger partial charge in [-0.25, -0.2) is 0 Å². The van der Waals surface area contributed by atoms with Crippen LogP contribution in [0.5, 0.6) is 0 Å². The van der Waals surface area contributed by atoms with E-state index in [0.717, 1.165) is 6.42 Å². The van der Waals surface area contributed by atoms with Gasteiger partial charge in [0.1, 0.15) is 0 Å². The van der Waals surface area contributed by atoms with Gasteiger partial charge in [-0.05, 0) is 24.8 Å². The molecule has 1 unspecified atom stereocenters. The summed E-state index contributed by atoms with van der Waals surface area (Å²) >= 11 is 0. The van der Waals surface area contributed by atoms with Gasteiger partial charge in [-0.3, -0.25) is 14.9 Å². The average molecular weight is 293 g/mol. The lowest BCUT2D eigenvalue weighted by atomic mass is 10.0. The smallest absolute Gasteiger partial charge is 0.273 e. The first-order valence-corrected chi connectivity index (χ1v) is 7.17. The molecular weight excluding hydrogens is 270 g/mol. The second kappa shape index (κ2) is 7.73. The van der Waals surface area contributed by atoms with Gasteiger partial charge in [0.15, 0.2) is 0 Å². The Hall–Kier alpha value is -1.95. The molecule has 1 rings (SSSR count). The Bertz CT molecular complexity index is 515. The summed E-state index contributed by atoms with van der Waals surface area (Å²) in [5.41, 5.74) is 6.55. The summed E-state index contributed by atoms with van der Waals surface area (Å²) in [5, 5.41) is 13.9. The second-order valence-corrected chi connectivity index (χ2v) is 5.49. The van der Waals surface area contributed by atoms with Crippen molar-refractivity contribution in [3.05, 3.63) is 39.4 Å². The fourth-order valence-corrected chi connectivity index (χ4v) is 2.23. The van der Waals surface area contributed by atoms with Gasteiger partial charge in [-0.15, -0.1) is 0 Å². The molecule has 1 aromatic rings. The van der Waals surface area contributed by atoms with E-state index in [1.165, 1.54) is 6.07 Å². The zero-order valence-corrected chi connectivity index (χ0v) is 12.8. The molecule has 0 aliphatic rings. The molecule has 0 radical (unpaired) electrons. The first-order chi connectivity index (χ1) is 9.88. The number of aryl methyl sites for hydroxylation is 1. The fraction of sp³-hybridized carbons (Fsp3) is 0.533. The lowest BCUT2D eigenvalue weighted by Crippen LogP contribution is -2.41. The molecule has 0 aliphatic carbocycles. The van der Waals surface area contributed by atoms with Crippen molar-refractivity contribution >= 4 is 11.6 Å². The molecule has 0 fully saturated rings. The van der Waals surface area contributed by atoms with Crippen LogP contribution in [0.25, 0.3) is 0 Å². The number of nitro groups is 1. The third kappa shape index (κ3) is 4.82. The van der Waals surface area contributed by atoms with Gasteiger partial charge < -0.3 is 11.1 Å². The van der Waals surface area contributed by atoms with Crippen molar-refractivity contribution in [1.82, 2.24) is 5.32 Å². The van der Waals surface area contributed by atoms with Crippen molar-refractivity contribution in [3.8, 4) is 0 Å². The Morgan fingerprint density at radius 1 is 1.43 bits per heavy atom. The van der Waals surface area contributed by atoms with E-state index in [9.17, 15) is 14.9 Å². The number of amides is 1. The molecule has 1 atom stereocenters. The summed E-state index contributed by atoms with van der Waals surface area (Å²) in [6.07, 6.45) is 1.33. The van der Waals surface area contributed by atoms with Crippen LogP contribution in [0.15, 0.2) is 18.2 Å². The molecule has 0 aromatic heterocycles. The fourth-order valence-electron chi connectivity index (χ4n) is 2.23. The van der Waals surface area contributed by atoms with E-state index in [4.69, 9.17) is 5.73 Å². The van der Waals surface area contributed by atoms with Gasteiger partial charge in [0.25, 0.3) is 11.6 Å². The molecule has 0 aliphatic heterocycles. The van der Waals surface area contributed by atoms with Crippen molar-refractivity contribution in [2.24, 2.45) is 11.7 Å². The van der Waals surface area contributed by atoms with Crippen LogP contribution in [0.4, 0.5) is 5.69 Å². The van der Waals surface area contributed by atoms with Crippen molar-refractivity contribution in [3.63, 3.8) is 0 Å². The maximum Gasteiger partial charge on any atom is 0.273 e. The number of carbonyl (C=O) groups excluding carboxylic acids is 1. The van der Waals surface area contributed by atoms with Crippen LogP contribution in [0, 0.1) is 16.0 Å². The maximum absolute atomic E-state index is 12.2. The normalized spacial score (nSPS) is 12.2. The van der Waals surface area contributed by atoms with Gasteiger partial charge >= 0.3 is 0 Å². The minimum atomic E-state index is -0.454. The van der Waals surface area contributed by atoms with E-state index in [1.54, 1.807) is 12.1 Å². The zero-order chi connectivity index (χ0) is 16.0. The monoisotopic (exact) mass is 293 g/mol. The van der Waals surface area contributed by atoms with Crippen LogP contribution < -0.4 is 11.1 Å². The lowest BCUT2D eigenvalue weighted by molar-refractivity contribution is -0.385. The number of nitrogens with zero attached hydrogens (tertiary/aromatic N) is 1. The van der Waals surface area contributed by atoms with Crippen LogP contribution >= 0.6 is 0 Å². The Morgan fingerprint density at radius 3 is 2.57 bits per heavy atom. The summed E-state index contributed by atoms with van der Waals surface area (Å²) in [7, 11) is 0. The molecule has 1 amide bonds. The minimum absolute atomic E-state index is 0.0155. The van der Waals surface area contributed by atoms with Gasteiger partial charge in [0.2, 0.25) is 0 Å². The molecule has 6 heteroatoms. The molecule has 0 bridgehead atoms. The van der Waals surface area contributed by atoms with Crippen LogP contribution in [-0.2, 0) is 6.42 Å². The van der Waals surface area contributed by atoms with Gasteiger partial charge in [-0.1, -0.05) is 26.8 Å². The molecule has 0 heterocycles. The summed E-state index contributed by atoms with van der Waals surface area (Å²) in [6, 6.07) is 4.45. The summed E-state index contributed by atoms with van der Waals surface area (Å²) in [6.45, 7) is 6.29. The standard InChI is InChI=1S/C15H23N3O3/c1-4-11-5-6-12(8-14(11)18(20)21)15(19)17-13(9-16)7-10(2)3/h5-6,8,10,13H,4,7,9,16H2,1-3H3,(H,17,19). The number of hydrogen-bond acceptors (Lipinski definition) is 4. The van der Waals surface area contributed by atoms with Crippen molar-refractivity contribution < 1.29 is 9.72 Å². The summed E-state index contributed by atoms with van der Waals surface area (Å²) in [5.74, 6) is 0.0903. The van der Waals surface area contributed by atoms with Crippen LogP contribution in [-0.4, -0.2) is 23.4 Å². The Labute approximate surface area is 124 Å². The highest BCUT2D eigenvalue weighted by Crippen LogP contribution is 2.21. The average Bonchev–Trinajstić information content (AvgIpc) is 2.45. The van der Waals surface area contributed by atoms with Gasteiger partial charge in [0, 0.05) is 29.8 Å².